The molecule has 0 aromatic heterocycles. The maximum Gasteiger partial charge on any atom is 0.243 e. The molecule has 2 rings (SSSR count). The van der Waals surface area contributed by atoms with E-state index in [9.17, 15) is 12.8 Å². The first kappa shape index (κ1) is 16.4. The second kappa shape index (κ2) is 6.42. The third-order valence-electron chi connectivity index (χ3n) is 4.22. The smallest absolute Gasteiger partial charge is 0.243 e. The fourth-order valence-electron chi connectivity index (χ4n) is 3.04. The summed E-state index contributed by atoms with van der Waals surface area (Å²) in [6.45, 7) is 3.86. The van der Waals surface area contributed by atoms with Crippen molar-refractivity contribution in [3.8, 4) is 0 Å². The van der Waals surface area contributed by atoms with Crippen molar-refractivity contribution in [2.24, 2.45) is 5.73 Å². The van der Waals surface area contributed by atoms with Crippen LogP contribution in [0.3, 0.4) is 0 Å². The second-order valence-electron chi connectivity index (χ2n) is 5.55. The minimum absolute atomic E-state index is 0.0315. The van der Waals surface area contributed by atoms with E-state index >= 15 is 0 Å². The van der Waals surface area contributed by atoms with Crippen LogP contribution in [-0.2, 0) is 16.6 Å². The molecule has 1 fully saturated rings. The van der Waals surface area contributed by atoms with Gasteiger partial charge in [0.25, 0.3) is 0 Å². The first-order valence-electron chi connectivity index (χ1n) is 7.42. The molecule has 2 N–H and O–H groups in total. The molecule has 0 saturated heterocycles. The largest absolute Gasteiger partial charge is 0.326 e. The Morgan fingerprint density at radius 3 is 2.48 bits per heavy atom. The quantitative estimate of drug-likeness (QED) is 0.908. The summed E-state index contributed by atoms with van der Waals surface area (Å²) in [5.74, 6) is -0.515. The molecule has 118 valence electrons. The second-order valence-corrected chi connectivity index (χ2v) is 7.41. The SMILES string of the molecule is CCN(C1CCCC1)S(=O)(=O)c1cc(CN)cc(F)c1C. The Kier molecular flexibility index (Phi) is 5.01. The Balaban J connectivity index is 2.49. The summed E-state index contributed by atoms with van der Waals surface area (Å²) < 4.78 is 41.3. The van der Waals surface area contributed by atoms with Crippen LogP contribution in [0.2, 0.25) is 0 Å². The van der Waals surface area contributed by atoms with Crippen LogP contribution in [0.5, 0.6) is 0 Å². The van der Waals surface area contributed by atoms with Crippen LogP contribution in [0, 0.1) is 12.7 Å². The van der Waals surface area contributed by atoms with Crippen LogP contribution in [-0.4, -0.2) is 25.3 Å². The van der Waals surface area contributed by atoms with Gasteiger partial charge >= 0.3 is 0 Å². The lowest BCUT2D eigenvalue weighted by Crippen LogP contribution is -2.39. The fourth-order valence-corrected chi connectivity index (χ4v) is 5.02. The molecule has 0 spiro atoms. The molecule has 0 unspecified atom stereocenters. The van der Waals surface area contributed by atoms with Gasteiger partial charge in [-0.3, -0.25) is 0 Å². The monoisotopic (exact) mass is 314 g/mol. The van der Waals surface area contributed by atoms with E-state index in [1.807, 2.05) is 6.92 Å². The number of hydrogen-bond donors (Lipinski definition) is 1. The minimum atomic E-state index is -3.68. The molecule has 1 aromatic carbocycles. The van der Waals surface area contributed by atoms with E-state index in [-0.39, 0.29) is 23.0 Å². The molecule has 21 heavy (non-hydrogen) atoms. The Morgan fingerprint density at radius 1 is 1.33 bits per heavy atom. The van der Waals surface area contributed by atoms with Crippen molar-refractivity contribution in [2.75, 3.05) is 6.54 Å². The molecule has 0 atom stereocenters. The molecule has 0 heterocycles. The lowest BCUT2D eigenvalue weighted by Gasteiger charge is -2.27. The maximum absolute atomic E-state index is 14.0. The highest BCUT2D eigenvalue weighted by atomic mass is 32.2. The number of hydrogen-bond acceptors (Lipinski definition) is 3. The standard InChI is InChI=1S/C15H23FN2O2S/c1-3-18(13-6-4-5-7-13)21(19,20)15-9-12(10-17)8-14(16)11(15)2/h8-9,13H,3-7,10,17H2,1-2H3. The highest BCUT2D eigenvalue weighted by Gasteiger charge is 2.33. The van der Waals surface area contributed by atoms with E-state index < -0.39 is 15.8 Å². The Morgan fingerprint density at radius 2 is 1.95 bits per heavy atom. The van der Waals surface area contributed by atoms with E-state index in [1.54, 1.807) is 0 Å². The summed E-state index contributed by atoms with van der Waals surface area (Å²) in [4.78, 5) is 0.0525. The van der Waals surface area contributed by atoms with Gasteiger partial charge in [0.05, 0.1) is 4.90 Å². The summed E-state index contributed by atoms with van der Waals surface area (Å²) >= 11 is 0. The number of nitrogens with zero attached hydrogens (tertiary/aromatic N) is 1. The van der Waals surface area contributed by atoms with Gasteiger partial charge in [-0.2, -0.15) is 4.31 Å². The predicted octanol–water partition coefficient (Wildman–Crippen LogP) is 2.55. The molecule has 1 aliphatic rings. The lowest BCUT2D eigenvalue weighted by atomic mass is 10.1. The van der Waals surface area contributed by atoms with Gasteiger partial charge in [0, 0.05) is 24.7 Å². The van der Waals surface area contributed by atoms with Gasteiger partial charge < -0.3 is 5.73 Å². The number of nitrogens with two attached hydrogens (primary N) is 1. The van der Waals surface area contributed by atoms with Crippen molar-refractivity contribution in [1.82, 2.24) is 4.31 Å². The number of benzene rings is 1. The van der Waals surface area contributed by atoms with E-state index in [0.717, 1.165) is 25.7 Å². The van der Waals surface area contributed by atoms with E-state index in [2.05, 4.69) is 0 Å². The van der Waals surface area contributed by atoms with Crippen LogP contribution in [0.25, 0.3) is 0 Å². The van der Waals surface area contributed by atoms with Crippen LogP contribution in [0.1, 0.15) is 43.7 Å². The third-order valence-corrected chi connectivity index (χ3v) is 6.38. The summed E-state index contributed by atoms with van der Waals surface area (Å²) in [5, 5.41) is 0. The fraction of sp³-hybridized carbons (Fsp3) is 0.600. The summed E-state index contributed by atoms with van der Waals surface area (Å²) in [6, 6.07) is 2.84. The van der Waals surface area contributed by atoms with Crippen LogP contribution in [0.4, 0.5) is 4.39 Å². The van der Waals surface area contributed by atoms with Crippen LogP contribution in [0.15, 0.2) is 17.0 Å². The van der Waals surface area contributed by atoms with Gasteiger partial charge in [-0.25, -0.2) is 12.8 Å². The zero-order valence-electron chi connectivity index (χ0n) is 12.6. The Bertz CT molecular complexity index is 610. The first-order valence-corrected chi connectivity index (χ1v) is 8.86. The predicted molar refractivity (Wildman–Crippen MR) is 80.9 cm³/mol. The maximum atomic E-state index is 14.0. The Hall–Kier alpha value is -0.980. The number of rotatable bonds is 5. The van der Waals surface area contributed by atoms with Gasteiger partial charge in [-0.1, -0.05) is 19.8 Å². The highest BCUT2D eigenvalue weighted by Crippen LogP contribution is 2.30. The van der Waals surface area contributed by atoms with Crippen LogP contribution < -0.4 is 5.73 Å². The molecular formula is C15H23FN2O2S. The van der Waals surface area contributed by atoms with Crippen molar-refractivity contribution in [1.29, 1.82) is 0 Å². The van der Waals surface area contributed by atoms with E-state index in [0.29, 0.717) is 12.1 Å². The van der Waals surface area contributed by atoms with Gasteiger partial charge in [0.2, 0.25) is 10.0 Å². The van der Waals surface area contributed by atoms with Crippen molar-refractivity contribution < 1.29 is 12.8 Å². The zero-order chi connectivity index (χ0) is 15.6. The molecule has 1 aliphatic carbocycles. The average molecular weight is 314 g/mol. The molecule has 1 saturated carbocycles. The molecule has 0 aliphatic heterocycles. The summed E-state index contributed by atoms with van der Waals surface area (Å²) in [6.07, 6.45) is 3.86. The van der Waals surface area contributed by atoms with Gasteiger partial charge in [-0.15, -0.1) is 0 Å². The number of halogens is 1. The van der Waals surface area contributed by atoms with Crippen LogP contribution >= 0.6 is 0 Å². The van der Waals surface area contributed by atoms with E-state index in [4.69, 9.17) is 5.73 Å². The Labute approximate surface area is 126 Å². The van der Waals surface area contributed by atoms with E-state index in [1.165, 1.54) is 23.4 Å². The molecule has 1 aromatic rings. The molecule has 4 nitrogen and oxygen atoms in total. The molecule has 0 bridgehead atoms. The summed E-state index contributed by atoms with van der Waals surface area (Å²) in [7, 11) is -3.68. The third kappa shape index (κ3) is 3.12. The van der Waals surface area contributed by atoms with Crippen molar-refractivity contribution in [2.45, 2.75) is 57.0 Å². The highest BCUT2D eigenvalue weighted by molar-refractivity contribution is 7.89. The first-order chi connectivity index (χ1) is 9.91. The van der Waals surface area contributed by atoms with Crippen molar-refractivity contribution in [3.05, 3.63) is 29.1 Å². The van der Waals surface area contributed by atoms with Gasteiger partial charge in [0.1, 0.15) is 5.82 Å². The average Bonchev–Trinajstić information content (AvgIpc) is 2.95. The van der Waals surface area contributed by atoms with Crippen molar-refractivity contribution in [3.63, 3.8) is 0 Å². The zero-order valence-corrected chi connectivity index (χ0v) is 13.4. The van der Waals surface area contributed by atoms with Gasteiger partial charge in [-0.05, 0) is 37.5 Å². The van der Waals surface area contributed by atoms with Crippen molar-refractivity contribution >= 4 is 10.0 Å². The molecule has 0 radical (unpaired) electrons. The molecule has 0 amide bonds. The minimum Gasteiger partial charge on any atom is -0.326 e. The molecular weight excluding hydrogens is 291 g/mol. The molecule has 6 heteroatoms. The lowest BCUT2D eigenvalue weighted by molar-refractivity contribution is 0.335. The topological polar surface area (TPSA) is 63.4 Å². The normalized spacial score (nSPS) is 16.8. The number of sulfonamides is 1. The van der Waals surface area contributed by atoms with Gasteiger partial charge in [0.15, 0.2) is 0 Å². The summed E-state index contributed by atoms with van der Waals surface area (Å²) in [5.41, 5.74) is 6.21.